The maximum absolute atomic E-state index is 5.30. The molecule has 3 aromatic rings. The number of rotatable bonds is 6. The van der Waals surface area contributed by atoms with Crippen molar-refractivity contribution < 1.29 is 4.52 Å². The monoisotopic (exact) mass is 339 g/mol. The van der Waals surface area contributed by atoms with Crippen LogP contribution in [0.2, 0.25) is 0 Å². The van der Waals surface area contributed by atoms with E-state index in [1.807, 2.05) is 18.2 Å². The van der Waals surface area contributed by atoms with Crippen LogP contribution in [0.4, 0.5) is 0 Å². The van der Waals surface area contributed by atoms with E-state index in [0.717, 1.165) is 49.7 Å². The van der Waals surface area contributed by atoms with Crippen LogP contribution in [0.15, 0.2) is 28.9 Å². The van der Waals surface area contributed by atoms with E-state index in [1.54, 1.807) is 6.20 Å². The highest BCUT2D eigenvalue weighted by Crippen LogP contribution is 2.20. The molecule has 1 aliphatic heterocycles. The Bertz CT molecular complexity index is 813. The van der Waals surface area contributed by atoms with Crippen molar-refractivity contribution in [1.29, 1.82) is 0 Å². The molecule has 0 aromatic carbocycles. The van der Waals surface area contributed by atoms with Crippen molar-refractivity contribution in [3.63, 3.8) is 0 Å². The van der Waals surface area contributed by atoms with Crippen LogP contribution < -0.4 is 5.32 Å². The van der Waals surface area contributed by atoms with Crippen LogP contribution in [-0.2, 0) is 25.9 Å². The Hall–Kier alpha value is -2.61. The predicted molar refractivity (Wildman–Crippen MR) is 90.4 cm³/mol. The fourth-order valence-electron chi connectivity index (χ4n) is 3.19. The fourth-order valence-corrected chi connectivity index (χ4v) is 3.19. The van der Waals surface area contributed by atoms with E-state index in [1.165, 1.54) is 0 Å². The lowest BCUT2D eigenvalue weighted by Gasteiger charge is -2.24. The van der Waals surface area contributed by atoms with Crippen LogP contribution >= 0.6 is 0 Å². The van der Waals surface area contributed by atoms with Gasteiger partial charge in [-0.25, -0.2) is 0 Å². The quantitative estimate of drug-likeness (QED) is 0.729. The molecule has 0 fully saturated rings. The number of hydrogen-bond donors (Lipinski definition) is 1. The van der Waals surface area contributed by atoms with Gasteiger partial charge in [-0.3, -0.25) is 4.98 Å². The molecule has 1 aliphatic rings. The highest BCUT2D eigenvalue weighted by atomic mass is 16.5. The molecule has 130 valence electrons. The maximum Gasteiger partial charge on any atom is 0.240 e. The maximum atomic E-state index is 5.30. The Morgan fingerprint density at radius 2 is 2.28 bits per heavy atom. The molecule has 0 saturated carbocycles. The number of nitrogens with one attached hydrogen (secondary N) is 1. The fraction of sp³-hybridized carbons (Fsp3) is 0.471. The molecule has 0 amide bonds. The van der Waals surface area contributed by atoms with Crippen molar-refractivity contribution in [2.45, 2.75) is 39.3 Å². The minimum Gasteiger partial charge on any atom is -0.337 e. The van der Waals surface area contributed by atoms with Crippen LogP contribution in [0.3, 0.4) is 0 Å². The van der Waals surface area contributed by atoms with Crippen LogP contribution in [0, 0.1) is 5.92 Å². The number of fused-ring (bicyclic) bond motifs is 1. The van der Waals surface area contributed by atoms with Gasteiger partial charge in [-0.15, -0.1) is 10.2 Å². The molecule has 8 nitrogen and oxygen atoms in total. The Kier molecular flexibility index (Phi) is 4.51. The van der Waals surface area contributed by atoms with Gasteiger partial charge in [0.25, 0.3) is 0 Å². The Balaban J connectivity index is 1.31. The average molecular weight is 339 g/mol. The van der Waals surface area contributed by atoms with E-state index >= 15 is 0 Å². The first-order valence-electron chi connectivity index (χ1n) is 8.69. The van der Waals surface area contributed by atoms with Crippen molar-refractivity contribution in [2.75, 3.05) is 6.54 Å². The number of aryl methyl sites for hydroxylation is 2. The van der Waals surface area contributed by atoms with Crippen molar-refractivity contribution in [3.8, 4) is 11.5 Å². The van der Waals surface area contributed by atoms with Crippen LogP contribution in [0.1, 0.15) is 30.9 Å². The topological polar surface area (TPSA) is 94.6 Å². The average Bonchev–Trinajstić information content (AvgIpc) is 3.29. The van der Waals surface area contributed by atoms with E-state index in [2.05, 4.69) is 42.1 Å². The molecule has 0 saturated heterocycles. The van der Waals surface area contributed by atoms with Gasteiger partial charge in [-0.2, -0.15) is 4.98 Å². The van der Waals surface area contributed by atoms with E-state index < -0.39 is 0 Å². The highest BCUT2D eigenvalue weighted by molar-refractivity contribution is 5.46. The summed E-state index contributed by atoms with van der Waals surface area (Å²) in [5.41, 5.74) is 0.719. The first-order valence-corrected chi connectivity index (χ1v) is 8.69. The summed E-state index contributed by atoms with van der Waals surface area (Å²) in [6, 6.07) is 5.64. The Morgan fingerprint density at radius 1 is 1.32 bits per heavy atom. The second-order valence-corrected chi connectivity index (χ2v) is 6.26. The molecule has 0 spiro atoms. The summed E-state index contributed by atoms with van der Waals surface area (Å²) in [6.07, 6.45) is 4.75. The van der Waals surface area contributed by atoms with Gasteiger partial charge in [-0.1, -0.05) is 18.1 Å². The summed E-state index contributed by atoms with van der Waals surface area (Å²) in [4.78, 5) is 8.62. The highest BCUT2D eigenvalue weighted by Gasteiger charge is 2.22. The molecular weight excluding hydrogens is 318 g/mol. The SMILES string of the molecule is CCc1nnc2n1C[C@@H](CNCc1nc(-c3ccccn3)no1)CC2. The molecule has 0 unspecified atom stereocenters. The largest absolute Gasteiger partial charge is 0.337 e. The van der Waals surface area contributed by atoms with Gasteiger partial charge >= 0.3 is 0 Å². The number of aromatic nitrogens is 6. The molecule has 8 heteroatoms. The summed E-state index contributed by atoms with van der Waals surface area (Å²) >= 11 is 0. The molecule has 0 radical (unpaired) electrons. The zero-order valence-corrected chi connectivity index (χ0v) is 14.2. The van der Waals surface area contributed by atoms with E-state index in [0.29, 0.717) is 24.2 Å². The first kappa shape index (κ1) is 15.9. The van der Waals surface area contributed by atoms with Gasteiger partial charge in [0, 0.05) is 32.1 Å². The number of nitrogens with zero attached hydrogens (tertiary/aromatic N) is 6. The van der Waals surface area contributed by atoms with E-state index in [9.17, 15) is 0 Å². The lowest BCUT2D eigenvalue weighted by Crippen LogP contribution is -2.30. The molecule has 1 N–H and O–H groups in total. The molecule has 25 heavy (non-hydrogen) atoms. The first-order chi connectivity index (χ1) is 12.3. The standard InChI is InChI=1S/C17H21N7O/c1-2-14-21-22-15-7-6-12(11-24(14)15)9-18-10-16-20-17(23-25-16)13-5-3-4-8-19-13/h3-5,8,12,18H,2,6-7,9-11H2,1H3/t12-/m1/s1. The van der Waals surface area contributed by atoms with E-state index in [4.69, 9.17) is 4.52 Å². The minimum atomic E-state index is 0.525. The summed E-state index contributed by atoms with van der Waals surface area (Å²) in [7, 11) is 0. The van der Waals surface area contributed by atoms with Crippen molar-refractivity contribution in [3.05, 3.63) is 41.9 Å². The normalized spacial score (nSPS) is 16.8. The van der Waals surface area contributed by atoms with E-state index in [-0.39, 0.29) is 0 Å². The smallest absolute Gasteiger partial charge is 0.240 e. The van der Waals surface area contributed by atoms with Crippen LogP contribution in [0.5, 0.6) is 0 Å². The second-order valence-electron chi connectivity index (χ2n) is 6.26. The number of pyridine rings is 1. The molecule has 3 aromatic heterocycles. The summed E-state index contributed by atoms with van der Waals surface area (Å²) in [5, 5.41) is 16.0. The Morgan fingerprint density at radius 3 is 3.12 bits per heavy atom. The van der Waals surface area contributed by atoms with Gasteiger partial charge < -0.3 is 14.4 Å². The third kappa shape index (κ3) is 3.43. The molecule has 4 rings (SSSR count). The number of hydrogen-bond acceptors (Lipinski definition) is 7. The zero-order chi connectivity index (χ0) is 17.1. The Labute approximate surface area is 145 Å². The molecule has 4 heterocycles. The zero-order valence-electron chi connectivity index (χ0n) is 14.2. The third-order valence-electron chi connectivity index (χ3n) is 4.51. The molecule has 0 bridgehead atoms. The minimum absolute atomic E-state index is 0.525. The molecule has 0 aliphatic carbocycles. The summed E-state index contributed by atoms with van der Waals surface area (Å²) in [5.74, 6) is 3.86. The van der Waals surface area contributed by atoms with Crippen molar-refractivity contribution in [1.82, 2.24) is 35.2 Å². The van der Waals surface area contributed by atoms with Gasteiger partial charge in [-0.05, 0) is 24.5 Å². The van der Waals surface area contributed by atoms with Crippen LogP contribution in [-0.4, -0.2) is 36.4 Å². The molecular formula is C17H21N7O. The van der Waals surface area contributed by atoms with Crippen molar-refractivity contribution >= 4 is 0 Å². The van der Waals surface area contributed by atoms with Gasteiger partial charge in [0.1, 0.15) is 17.3 Å². The lowest BCUT2D eigenvalue weighted by atomic mass is 9.99. The van der Waals surface area contributed by atoms with Gasteiger partial charge in [0.2, 0.25) is 11.7 Å². The van der Waals surface area contributed by atoms with Gasteiger partial charge in [0.15, 0.2) is 0 Å². The second kappa shape index (κ2) is 7.10. The van der Waals surface area contributed by atoms with Gasteiger partial charge in [0.05, 0.1) is 6.54 Å². The molecule has 1 atom stereocenters. The van der Waals surface area contributed by atoms with Crippen LogP contribution in [0.25, 0.3) is 11.5 Å². The predicted octanol–water partition coefficient (Wildman–Crippen LogP) is 1.64. The van der Waals surface area contributed by atoms with Crippen molar-refractivity contribution in [2.24, 2.45) is 5.92 Å². The summed E-state index contributed by atoms with van der Waals surface area (Å²) in [6.45, 7) is 4.56. The third-order valence-corrected chi connectivity index (χ3v) is 4.51. The summed E-state index contributed by atoms with van der Waals surface area (Å²) < 4.78 is 7.57. The lowest BCUT2D eigenvalue weighted by molar-refractivity contribution is 0.324.